The Labute approximate surface area is 256 Å². The van der Waals surface area contributed by atoms with Gasteiger partial charge >= 0.3 is 0 Å². The summed E-state index contributed by atoms with van der Waals surface area (Å²) in [7, 11) is -1.58. The van der Waals surface area contributed by atoms with Gasteiger partial charge in [-0.25, -0.2) is 30.9 Å². The Bertz CT molecular complexity index is 1670. The van der Waals surface area contributed by atoms with Crippen molar-refractivity contribution in [3.63, 3.8) is 0 Å². The fraction of sp³-hybridized carbons (Fsp3) is 0.276. The predicted molar refractivity (Wildman–Crippen MR) is 161 cm³/mol. The molecule has 1 atom stereocenters. The van der Waals surface area contributed by atoms with Gasteiger partial charge in [-0.1, -0.05) is 41.9 Å². The van der Waals surface area contributed by atoms with Gasteiger partial charge < -0.3 is 14.8 Å². The maximum atomic E-state index is 15.7. The second-order valence-electron chi connectivity index (χ2n) is 9.90. The van der Waals surface area contributed by atoms with Crippen molar-refractivity contribution >= 4 is 43.8 Å². The van der Waals surface area contributed by atoms with Crippen LogP contribution < -0.4 is 19.1 Å². The van der Waals surface area contributed by atoms with Crippen molar-refractivity contribution in [1.82, 2.24) is 9.88 Å². The first-order valence-corrected chi connectivity index (χ1v) is 15.7. The standard InChI is InChI=1S/C29H28ClF3N4O4S2/c1-40-21-9-8-20(26(12-21)41-2)15-37(28-34-10-11-42-28)43(38,39)27-13-22(30)24(14-23(27)31)35-25(19-6-4-3-5-7-19)16-36-17-29(32,33)18-36/h3-14,25,35H,15-18H2,1-2H3. The number of hydrogen-bond donors (Lipinski definition) is 1. The molecule has 1 aliphatic heterocycles. The van der Waals surface area contributed by atoms with Crippen molar-refractivity contribution < 1.29 is 31.1 Å². The number of nitrogens with zero attached hydrogens (tertiary/aromatic N) is 3. The monoisotopic (exact) mass is 652 g/mol. The molecule has 1 unspecified atom stereocenters. The smallest absolute Gasteiger partial charge is 0.272 e. The number of benzene rings is 3. The van der Waals surface area contributed by atoms with E-state index in [9.17, 15) is 17.2 Å². The minimum atomic E-state index is -4.52. The van der Waals surface area contributed by atoms with Gasteiger partial charge in [0.05, 0.1) is 50.6 Å². The van der Waals surface area contributed by atoms with Gasteiger partial charge in [-0.2, -0.15) is 0 Å². The van der Waals surface area contributed by atoms with Gasteiger partial charge in [0.2, 0.25) is 0 Å². The quantitative estimate of drug-likeness (QED) is 0.188. The van der Waals surface area contributed by atoms with Gasteiger partial charge in [0.25, 0.3) is 15.9 Å². The largest absolute Gasteiger partial charge is 0.497 e. The Morgan fingerprint density at radius 1 is 1.12 bits per heavy atom. The van der Waals surface area contributed by atoms with E-state index in [-0.39, 0.29) is 42.0 Å². The Morgan fingerprint density at radius 2 is 1.86 bits per heavy atom. The molecule has 1 aliphatic rings. The molecule has 0 amide bonds. The summed E-state index contributed by atoms with van der Waals surface area (Å²) in [5.74, 6) is -2.90. The van der Waals surface area contributed by atoms with E-state index in [0.717, 1.165) is 33.3 Å². The molecule has 5 rings (SSSR count). The topological polar surface area (TPSA) is 84.0 Å². The second-order valence-corrected chi connectivity index (χ2v) is 13.0. The average molecular weight is 653 g/mol. The third-order valence-corrected chi connectivity index (χ3v) is 9.89. The molecule has 1 N–H and O–H groups in total. The molecule has 0 saturated carbocycles. The van der Waals surface area contributed by atoms with Crippen LogP contribution in [-0.4, -0.2) is 58.1 Å². The van der Waals surface area contributed by atoms with E-state index in [0.29, 0.717) is 17.1 Å². The van der Waals surface area contributed by atoms with Crippen LogP contribution in [-0.2, 0) is 16.6 Å². The molecular formula is C29H28ClF3N4O4S2. The summed E-state index contributed by atoms with van der Waals surface area (Å²) in [6, 6.07) is 15.5. The highest BCUT2D eigenvalue weighted by Crippen LogP contribution is 2.37. The first-order chi connectivity index (χ1) is 20.5. The maximum Gasteiger partial charge on any atom is 0.272 e. The highest BCUT2D eigenvalue weighted by Gasteiger charge is 2.44. The highest BCUT2D eigenvalue weighted by molar-refractivity contribution is 7.93. The van der Waals surface area contributed by atoms with Crippen molar-refractivity contribution in [3.8, 4) is 11.5 Å². The van der Waals surface area contributed by atoms with Gasteiger partial charge in [0.1, 0.15) is 22.2 Å². The number of methoxy groups -OCH3 is 2. The molecular weight excluding hydrogens is 625 g/mol. The summed E-state index contributed by atoms with van der Waals surface area (Å²) in [4.78, 5) is 5.09. The van der Waals surface area contributed by atoms with E-state index in [1.54, 1.807) is 40.6 Å². The summed E-state index contributed by atoms with van der Waals surface area (Å²) in [6.07, 6.45) is 1.45. The number of ether oxygens (including phenoxy) is 2. The molecule has 0 bridgehead atoms. The van der Waals surface area contributed by atoms with Gasteiger partial charge in [-0.15, -0.1) is 11.3 Å². The van der Waals surface area contributed by atoms with Crippen LogP contribution in [0.5, 0.6) is 11.5 Å². The third kappa shape index (κ3) is 6.85. The number of nitrogens with one attached hydrogen (secondary N) is 1. The normalized spacial score (nSPS) is 15.4. The zero-order chi connectivity index (χ0) is 30.8. The number of thiazole rings is 1. The van der Waals surface area contributed by atoms with E-state index in [1.807, 2.05) is 18.2 Å². The van der Waals surface area contributed by atoms with Gasteiger partial charge in [-0.05, 0) is 29.8 Å². The molecule has 228 valence electrons. The summed E-state index contributed by atoms with van der Waals surface area (Å²) in [6.45, 7) is -0.776. The number of rotatable bonds is 12. The molecule has 0 radical (unpaired) electrons. The average Bonchev–Trinajstić information content (AvgIpc) is 3.51. The number of sulfonamides is 1. The molecule has 14 heteroatoms. The summed E-state index contributed by atoms with van der Waals surface area (Å²) in [5.41, 5.74) is 1.39. The van der Waals surface area contributed by atoms with Gasteiger partial charge in [-0.3, -0.25) is 4.90 Å². The van der Waals surface area contributed by atoms with Crippen LogP contribution in [0.25, 0.3) is 0 Å². The summed E-state index contributed by atoms with van der Waals surface area (Å²) in [5, 5.41) is 4.79. The Balaban J connectivity index is 1.46. The molecule has 0 spiro atoms. The van der Waals surface area contributed by atoms with Crippen molar-refractivity contribution in [2.24, 2.45) is 0 Å². The number of anilines is 2. The first-order valence-electron chi connectivity index (χ1n) is 13.0. The van der Waals surface area contributed by atoms with Crippen molar-refractivity contribution in [1.29, 1.82) is 0 Å². The number of aromatic nitrogens is 1. The van der Waals surface area contributed by atoms with Crippen LogP contribution in [0.2, 0.25) is 5.02 Å². The molecule has 1 aromatic heterocycles. The molecule has 1 fully saturated rings. The Kier molecular flexibility index (Phi) is 9.07. The van der Waals surface area contributed by atoms with Crippen LogP contribution in [0.3, 0.4) is 0 Å². The molecule has 3 aromatic carbocycles. The first kappa shape index (κ1) is 30.9. The second kappa shape index (κ2) is 12.6. The van der Waals surface area contributed by atoms with Crippen LogP contribution in [0.15, 0.2) is 77.1 Å². The van der Waals surface area contributed by atoms with Crippen LogP contribution in [0.1, 0.15) is 17.2 Å². The molecule has 8 nitrogen and oxygen atoms in total. The van der Waals surface area contributed by atoms with Crippen LogP contribution in [0.4, 0.5) is 24.0 Å². The van der Waals surface area contributed by atoms with E-state index in [1.165, 1.54) is 20.4 Å². The lowest BCUT2D eigenvalue weighted by atomic mass is 10.0. The van der Waals surface area contributed by atoms with E-state index in [4.69, 9.17) is 21.1 Å². The van der Waals surface area contributed by atoms with E-state index < -0.39 is 32.7 Å². The molecule has 2 heterocycles. The minimum absolute atomic E-state index is 0.0593. The van der Waals surface area contributed by atoms with Crippen molar-refractivity contribution in [3.05, 3.63) is 94.2 Å². The Hall–Kier alpha value is -3.52. The number of hydrogen-bond acceptors (Lipinski definition) is 8. The lowest BCUT2D eigenvalue weighted by Crippen LogP contribution is -2.57. The summed E-state index contributed by atoms with van der Waals surface area (Å²) < 4.78 is 82.4. The zero-order valence-corrected chi connectivity index (χ0v) is 25.5. The Morgan fingerprint density at radius 3 is 2.49 bits per heavy atom. The number of halogens is 4. The number of likely N-dealkylation sites (tertiary alicyclic amines) is 1. The highest BCUT2D eigenvalue weighted by atomic mass is 35.5. The minimum Gasteiger partial charge on any atom is -0.497 e. The fourth-order valence-corrected chi connectivity index (χ4v) is 7.42. The summed E-state index contributed by atoms with van der Waals surface area (Å²) >= 11 is 7.62. The lowest BCUT2D eigenvalue weighted by Gasteiger charge is -2.41. The van der Waals surface area contributed by atoms with Crippen LogP contribution in [0, 0.1) is 5.82 Å². The van der Waals surface area contributed by atoms with E-state index in [2.05, 4.69) is 10.3 Å². The predicted octanol–water partition coefficient (Wildman–Crippen LogP) is 6.45. The fourth-order valence-electron chi connectivity index (χ4n) is 4.79. The molecule has 1 saturated heterocycles. The molecule has 0 aliphatic carbocycles. The van der Waals surface area contributed by atoms with Crippen molar-refractivity contribution in [2.45, 2.75) is 23.4 Å². The van der Waals surface area contributed by atoms with E-state index >= 15 is 4.39 Å². The molecule has 4 aromatic rings. The third-order valence-electron chi connectivity index (χ3n) is 6.91. The maximum absolute atomic E-state index is 15.7. The zero-order valence-electron chi connectivity index (χ0n) is 23.1. The lowest BCUT2D eigenvalue weighted by molar-refractivity contribution is -0.131. The van der Waals surface area contributed by atoms with Crippen LogP contribution >= 0.6 is 22.9 Å². The van der Waals surface area contributed by atoms with Gasteiger partial charge in [0.15, 0.2) is 5.13 Å². The SMILES string of the molecule is COc1ccc(CN(c2nccs2)S(=O)(=O)c2cc(Cl)c(NC(CN3CC(F)(F)C3)c3ccccc3)cc2F)c(OC)c1. The molecule has 43 heavy (non-hydrogen) atoms. The van der Waals surface area contributed by atoms with Gasteiger partial charge in [0, 0.05) is 29.8 Å². The van der Waals surface area contributed by atoms with Crippen molar-refractivity contribution in [2.75, 3.05) is 43.5 Å². The number of alkyl halides is 2.